The highest BCUT2D eigenvalue weighted by Gasteiger charge is 2.24. The Hall–Kier alpha value is -3.57. The second-order valence-corrected chi connectivity index (χ2v) is 6.99. The number of rotatable bonds is 7. The Morgan fingerprint density at radius 1 is 1.14 bits per heavy atom. The fourth-order valence-corrected chi connectivity index (χ4v) is 3.62. The Bertz CT molecular complexity index is 1100. The molecule has 0 atom stereocenters. The first-order chi connectivity index (χ1) is 14.0. The molecule has 0 bridgehead atoms. The van der Waals surface area contributed by atoms with E-state index in [0.717, 1.165) is 22.1 Å². The zero-order valence-corrected chi connectivity index (χ0v) is 16.5. The zero-order chi connectivity index (χ0) is 20.8. The van der Waals surface area contributed by atoms with Crippen LogP contribution in [0.1, 0.15) is 27.7 Å². The van der Waals surface area contributed by atoms with Gasteiger partial charge < -0.3 is 19.9 Å². The van der Waals surface area contributed by atoms with Crippen LogP contribution in [0.25, 0.3) is 10.8 Å². The maximum Gasteiger partial charge on any atom is 0.348 e. The first kappa shape index (κ1) is 20.2. The van der Waals surface area contributed by atoms with Crippen LogP contribution in [0.4, 0.5) is 5.00 Å². The maximum absolute atomic E-state index is 12.1. The molecular formula is C21H18N2O5S. The van der Waals surface area contributed by atoms with Crippen molar-refractivity contribution in [2.75, 3.05) is 18.9 Å². The number of anilines is 1. The molecule has 2 aromatic carbocycles. The molecule has 0 saturated heterocycles. The predicted octanol–water partition coefficient (Wildman–Crippen LogP) is 3.65. The van der Waals surface area contributed by atoms with Crippen LogP contribution in [-0.4, -0.2) is 25.2 Å². The van der Waals surface area contributed by atoms with Crippen molar-refractivity contribution in [3.63, 3.8) is 0 Å². The lowest BCUT2D eigenvalue weighted by molar-refractivity contribution is -0.147. The fourth-order valence-electron chi connectivity index (χ4n) is 2.70. The third-order valence-corrected chi connectivity index (χ3v) is 5.10. The van der Waals surface area contributed by atoms with Crippen molar-refractivity contribution >= 4 is 39.0 Å². The fraction of sp³-hybridized carbons (Fsp3) is 0.190. The first-order valence-corrected chi connectivity index (χ1v) is 9.60. The van der Waals surface area contributed by atoms with E-state index in [1.165, 1.54) is 0 Å². The van der Waals surface area contributed by atoms with E-state index in [1.54, 1.807) is 13.0 Å². The lowest BCUT2D eigenvalue weighted by atomic mass is 10.1. The Balaban J connectivity index is 1.64. The van der Waals surface area contributed by atoms with Crippen molar-refractivity contribution < 1.29 is 23.8 Å². The molecule has 0 unspecified atom stereocenters. The van der Waals surface area contributed by atoms with Gasteiger partial charge in [-0.05, 0) is 29.8 Å². The van der Waals surface area contributed by atoms with Gasteiger partial charge in [-0.25, -0.2) is 9.59 Å². The summed E-state index contributed by atoms with van der Waals surface area (Å²) >= 11 is 0.935. The Morgan fingerprint density at radius 3 is 2.62 bits per heavy atom. The molecule has 8 heteroatoms. The SMILES string of the molecule is CCOC(=O)c1sc(N)c(C#N)c1COC(=O)COc1ccc2ccccc2c1. The second kappa shape index (κ2) is 9.08. The average Bonchev–Trinajstić information content (AvgIpc) is 3.06. The van der Waals surface area contributed by atoms with Crippen molar-refractivity contribution in [1.29, 1.82) is 5.26 Å². The van der Waals surface area contributed by atoms with Gasteiger partial charge in [0.05, 0.1) is 12.2 Å². The molecule has 3 rings (SSSR count). The lowest BCUT2D eigenvalue weighted by Crippen LogP contribution is -2.16. The summed E-state index contributed by atoms with van der Waals surface area (Å²) in [5, 5.41) is 11.5. The number of carbonyl (C=O) groups is 2. The quantitative estimate of drug-likeness (QED) is 0.592. The highest BCUT2D eigenvalue weighted by Crippen LogP contribution is 2.32. The standard InChI is InChI=1S/C21H18N2O5S/c1-2-26-21(25)19-17(16(10-22)20(23)29-19)11-28-18(24)12-27-15-8-7-13-5-3-4-6-14(13)9-15/h3-9H,2,11-12,23H2,1H3. The summed E-state index contributed by atoms with van der Waals surface area (Å²) in [6, 6.07) is 15.2. The van der Waals surface area contributed by atoms with Crippen LogP contribution < -0.4 is 10.5 Å². The maximum atomic E-state index is 12.1. The number of nitrogen functional groups attached to an aromatic ring is 1. The van der Waals surface area contributed by atoms with Gasteiger partial charge in [0.1, 0.15) is 28.3 Å². The summed E-state index contributed by atoms with van der Waals surface area (Å²) in [6.45, 7) is 1.26. The smallest absolute Gasteiger partial charge is 0.348 e. The van der Waals surface area contributed by atoms with E-state index < -0.39 is 11.9 Å². The number of ether oxygens (including phenoxy) is 3. The molecular weight excluding hydrogens is 392 g/mol. The van der Waals surface area contributed by atoms with Crippen LogP contribution >= 0.6 is 11.3 Å². The largest absolute Gasteiger partial charge is 0.482 e. The van der Waals surface area contributed by atoms with Gasteiger partial charge in [-0.1, -0.05) is 30.3 Å². The van der Waals surface area contributed by atoms with Gasteiger partial charge in [-0.3, -0.25) is 0 Å². The summed E-state index contributed by atoms with van der Waals surface area (Å²) in [5.41, 5.74) is 6.15. The van der Waals surface area contributed by atoms with Crippen molar-refractivity contribution in [2.24, 2.45) is 0 Å². The van der Waals surface area contributed by atoms with E-state index in [4.69, 9.17) is 19.9 Å². The minimum atomic E-state index is -0.637. The van der Waals surface area contributed by atoms with Gasteiger partial charge in [0.2, 0.25) is 0 Å². The average molecular weight is 410 g/mol. The molecule has 2 N–H and O–H groups in total. The molecule has 1 heterocycles. The van der Waals surface area contributed by atoms with Gasteiger partial charge >= 0.3 is 11.9 Å². The van der Waals surface area contributed by atoms with Crippen LogP contribution in [0.15, 0.2) is 42.5 Å². The van der Waals surface area contributed by atoms with Crippen molar-refractivity contribution in [2.45, 2.75) is 13.5 Å². The van der Waals surface area contributed by atoms with Gasteiger partial charge in [0.25, 0.3) is 0 Å². The summed E-state index contributed by atoms with van der Waals surface area (Å²) in [7, 11) is 0. The van der Waals surface area contributed by atoms with Crippen LogP contribution in [0.5, 0.6) is 5.75 Å². The van der Waals surface area contributed by atoms with Gasteiger partial charge in [0, 0.05) is 5.56 Å². The van der Waals surface area contributed by atoms with Crippen LogP contribution in [0, 0.1) is 11.3 Å². The first-order valence-electron chi connectivity index (χ1n) is 8.79. The second-order valence-electron chi connectivity index (χ2n) is 5.94. The topological polar surface area (TPSA) is 112 Å². The van der Waals surface area contributed by atoms with Gasteiger partial charge in [-0.15, -0.1) is 11.3 Å². The van der Waals surface area contributed by atoms with Crippen LogP contribution in [0.3, 0.4) is 0 Å². The number of hydrogen-bond donors (Lipinski definition) is 1. The molecule has 0 radical (unpaired) electrons. The minimum Gasteiger partial charge on any atom is -0.482 e. The predicted molar refractivity (Wildman–Crippen MR) is 109 cm³/mol. The van der Waals surface area contributed by atoms with E-state index in [9.17, 15) is 14.9 Å². The molecule has 148 valence electrons. The number of nitrogens with zero attached hydrogens (tertiary/aromatic N) is 1. The number of fused-ring (bicyclic) bond motifs is 1. The zero-order valence-electron chi connectivity index (χ0n) is 15.6. The highest BCUT2D eigenvalue weighted by atomic mass is 32.1. The van der Waals surface area contributed by atoms with E-state index in [0.29, 0.717) is 5.75 Å². The summed E-state index contributed by atoms with van der Waals surface area (Å²) in [4.78, 5) is 24.3. The third-order valence-electron chi connectivity index (χ3n) is 4.06. The van der Waals surface area contributed by atoms with Gasteiger partial charge in [0.15, 0.2) is 6.61 Å². The lowest BCUT2D eigenvalue weighted by Gasteiger charge is -2.09. The monoisotopic (exact) mass is 410 g/mol. The Kier molecular flexibility index (Phi) is 6.32. The van der Waals surface area contributed by atoms with E-state index >= 15 is 0 Å². The normalized spacial score (nSPS) is 10.3. The molecule has 29 heavy (non-hydrogen) atoms. The Labute approximate surface area is 171 Å². The summed E-state index contributed by atoms with van der Waals surface area (Å²) in [5.74, 6) is -0.712. The molecule has 3 aromatic rings. The van der Waals surface area contributed by atoms with Crippen molar-refractivity contribution in [3.05, 3.63) is 58.5 Å². The minimum absolute atomic E-state index is 0.112. The molecule has 0 fully saturated rings. The molecule has 0 amide bonds. The van der Waals surface area contributed by atoms with E-state index in [1.807, 2.05) is 42.5 Å². The van der Waals surface area contributed by atoms with E-state index in [-0.39, 0.29) is 40.8 Å². The number of carbonyl (C=O) groups excluding carboxylic acids is 2. The number of nitrogens with two attached hydrogens (primary N) is 1. The van der Waals surface area contributed by atoms with Crippen LogP contribution in [0.2, 0.25) is 0 Å². The molecule has 0 aliphatic carbocycles. The summed E-state index contributed by atoms with van der Waals surface area (Å²) < 4.78 is 15.6. The number of nitriles is 1. The number of benzene rings is 2. The molecule has 0 aliphatic heterocycles. The molecule has 0 aliphatic rings. The molecule has 0 spiro atoms. The molecule has 0 saturated carbocycles. The van der Waals surface area contributed by atoms with Crippen molar-refractivity contribution in [1.82, 2.24) is 0 Å². The highest BCUT2D eigenvalue weighted by molar-refractivity contribution is 7.18. The van der Waals surface area contributed by atoms with Gasteiger partial charge in [-0.2, -0.15) is 5.26 Å². The molecule has 7 nitrogen and oxygen atoms in total. The number of hydrogen-bond acceptors (Lipinski definition) is 8. The van der Waals surface area contributed by atoms with Crippen LogP contribution in [-0.2, 0) is 20.9 Å². The van der Waals surface area contributed by atoms with E-state index in [2.05, 4.69) is 0 Å². The Morgan fingerprint density at radius 2 is 1.90 bits per heavy atom. The summed E-state index contributed by atoms with van der Waals surface area (Å²) in [6.07, 6.45) is 0. The number of thiophene rings is 1. The third kappa shape index (κ3) is 4.65. The molecule has 1 aromatic heterocycles. The van der Waals surface area contributed by atoms with Crippen molar-refractivity contribution in [3.8, 4) is 11.8 Å². The number of esters is 2.